The first kappa shape index (κ1) is 10.7. The van der Waals surface area contributed by atoms with Crippen molar-refractivity contribution in [1.82, 2.24) is 0 Å². The van der Waals surface area contributed by atoms with Crippen LogP contribution >= 0.6 is 0 Å². The van der Waals surface area contributed by atoms with Gasteiger partial charge in [0.05, 0.1) is 0 Å². The first-order valence-electron chi connectivity index (χ1n) is 2.77. The molecule has 0 aromatic rings. The molecule has 11 heavy (non-hydrogen) atoms. The first-order chi connectivity index (χ1) is 4.68. The first-order valence-corrected chi connectivity index (χ1v) is 2.77. The summed E-state index contributed by atoms with van der Waals surface area (Å²) < 4.78 is 4.50. The van der Waals surface area contributed by atoms with Crippen LogP contribution < -0.4 is 34.7 Å². The number of cyclic esters (lactones) is 1. The summed E-state index contributed by atoms with van der Waals surface area (Å²) in [5.41, 5.74) is 0. The zero-order chi connectivity index (χ0) is 7.56. The van der Waals surface area contributed by atoms with Gasteiger partial charge in [0, 0.05) is 18.5 Å². The topological polar surface area (TPSA) is 66.4 Å². The van der Waals surface area contributed by atoms with E-state index in [2.05, 4.69) is 4.74 Å². The average molecular weight is 164 g/mol. The second-order valence-corrected chi connectivity index (χ2v) is 1.91. The molecule has 1 rings (SSSR count). The van der Waals surface area contributed by atoms with E-state index in [1.165, 1.54) is 12.2 Å². The minimum absolute atomic E-state index is 0. The summed E-state index contributed by atoms with van der Waals surface area (Å²) >= 11 is 0. The predicted octanol–water partition coefficient (Wildman–Crippen LogP) is -4.39. The molecule has 1 heterocycles. The van der Waals surface area contributed by atoms with E-state index in [1.54, 1.807) is 0 Å². The Hall–Kier alpha value is -0.320. The van der Waals surface area contributed by atoms with E-state index in [0.29, 0.717) is 0 Å². The largest absolute Gasteiger partial charge is 1.00 e. The second kappa shape index (κ2) is 4.54. The second-order valence-electron chi connectivity index (χ2n) is 1.91. The number of carboxylic acids is 1. The molecule has 0 fully saturated rings. The van der Waals surface area contributed by atoms with Crippen LogP contribution in [0.3, 0.4) is 0 Å². The summed E-state index contributed by atoms with van der Waals surface area (Å²) in [5.74, 6) is -1.71. The molecule has 1 atom stereocenters. The Bertz CT molecular complexity index is 199. The van der Waals surface area contributed by atoms with Crippen LogP contribution in [-0.4, -0.2) is 18.0 Å². The van der Waals surface area contributed by atoms with Crippen LogP contribution in [0.2, 0.25) is 0 Å². The van der Waals surface area contributed by atoms with Gasteiger partial charge in [0.15, 0.2) is 0 Å². The fourth-order valence-electron chi connectivity index (χ4n) is 0.688. The van der Waals surface area contributed by atoms with E-state index in [9.17, 15) is 14.7 Å². The van der Waals surface area contributed by atoms with E-state index < -0.39 is 18.0 Å². The molecule has 0 spiro atoms. The Kier molecular flexibility index (Phi) is 4.40. The standard InChI is InChI=1S/C6H6O4.Na/c7-5(8)3-4-1-2-6(9)10-4;/h1-2,4H,3H2,(H,7,8);/q;+1/p-1. The molecule has 1 unspecified atom stereocenters. The maximum Gasteiger partial charge on any atom is 1.00 e. The third kappa shape index (κ3) is 3.55. The molecule has 0 amide bonds. The van der Waals surface area contributed by atoms with E-state index in [4.69, 9.17) is 0 Å². The van der Waals surface area contributed by atoms with Crippen LogP contribution in [0.1, 0.15) is 6.42 Å². The number of carboxylic acid groups (broad SMARTS) is 1. The van der Waals surface area contributed by atoms with E-state index in [1.807, 2.05) is 0 Å². The molecule has 0 saturated carbocycles. The molecule has 0 bridgehead atoms. The normalized spacial score (nSPS) is 20.7. The molecule has 0 aromatic heterocycles. The van der Waals surface area contributed by atoms with Gasteiger partial charge in [-0.15, -0.1) is 0 Å². The maximum absolute atomic E-state index is 10.3. The van der Waals surface area contributed by atoms with Gasteiger partial charge in [-0.2, -0.15) is 0 Å². The van der Waals surface area contributed by atoms with Gasteiger partial charge in [0.1, 0.15) is 6.10 Å². The van der Waals surface area contributed by atoms with Gasteiger partial charge in [-0.25, -0.2) is 4.79 Å². The van der Waals surface area contributed by atoms with Crippen molar-refractivity contribution in [2.45, 2.75) is 12.5 Å². The third-order valence-electron chi connectivity index (χ3n) is 1.08. The molecule has 54 valence electrons. The molecule has 5 heteroatoms. The van der Waals surface area contributed by atoms with Gasteiger partial charge >= 0.3 is 35.5 Å². The Morgan fingerprint density at radius 1 is 1.73 bits per heavy atom. The molecular formula is C6H5NaO4. The number of hydrogen-bond acceptors (Lipinski definition) is 4. The van der Waals surface area contributed by atoms with Crippen LogP contribution in [0.5, 0.6) is 0 Å². The summed E-state index contributed by atoms with van der Waals surface area (Å²) in [6.45, 7) is 0. The molecule has 0 aliphatic carbocycles. The van der Waals surface area contributed by atoms with E-state index in [0.717, 1.165) is 0 Å². The summed E-state index contributed by atoms with van der Waals surface area (Å²) in [5, 5.41) is 9.93. The summed E-state index contributed by atoms with van der Waals surface area (Å²) in [7, 11) is 0. The van der Waals surface area contributed by atoms with Gasteiger partial charge in [-0.1, -0.05) is 0 Å². The number of hydrogen-bond donors (Lipinski definition) is 0. The maximum atomic E-state index is 10.3. The van der Waals surface area contributed by atoms with Crippen molar-refractivity contribution in [2.75, 3.05) is 0 Å². The van der Waals surface area contributed by atoms with Gasteiger partial charge in [-0.05, 0) is 6.08 Å². The van der Waals surface area contributed by atoms with Crippen molar-refractivity contribution in [3.05, 3.63) is 12.2 Å². The predicted molar refractivity (Wildman–Crippen MR) is 28.6 cm³/mol. The number of carbonyl (C=O) groups is 2. The molecule has 0 aromatic carbocycles. The number of carbonyl (C=O) groups excluding carboxylic acids is 2. The summed E-state index contributed by atoms with van der Waals surface area (Å²) in [6.07, 6.45) is 1.71. The van der Waals surface area contributed by atoms with Crippen molar-refractivity contribution in [1.29, 1.82) is 0 Å². The molecular weight excluding hydrogens is 159 g/mol. The Morgan fingerprint density at radius 3 is 2.73 bits per heavy atom. The smallest absolute Gasteiger partial charge is 0.550 e. The van der Waals surface area contributed by atoms with Gasteiger partial charge in [-0.3, -0.25) is 0 Å². The molecule has 0 radical (unpaired) electrons. The fourth-order valence-corrected chi connectivity index (χ4v) is 0.688. The monoisotopic (exact) mass is 164 g/mol. The van der Waals surface area contributed by atoms with Crippen LogP contribution in [0.25, 0.3) is 0 Å². The van der Waals surface area contributed by atoms with Crippen molar-refractivity contribution in [2.24, 2.45) is 0 Å². The molecule has 0 N–H and O–H groups in total. The number of esters is 1. The van der Waals surface area contributed by atoms with Crippen LogP contribution in [-0.2, 0) is 14.3 Å². The molecule has 1 aliphatic heterocycles. The van der Waals surface area contributed by atoms with Crippen molar-refractivity contribution >= 4 is 11.9 Å². The van der Waals surface area contributed by atoms with Crippen LogP contribution in [0, 0.1) is 0 Å². The Balaban J connectivity index is 0.000001000. The minimum Gasteiger partial charge on any atom is -0.550 e. The zero-order valence-electron chi connectivity index (χ0n) is 6.07. The fraction of sp³-hybridized carbons (Fsp3) is 0.333. The molecule has 0 saturated heterocycles. The Morgan fingerprint density at radius 2 is 2.36 bits per heavy atom. The SMILES string of the molecule is O=C([O-])CC1C=CC(=O)O1.[Na+]. The van der Waals surface area contributed by atoms with E-state index in [-0.39, 0.29) is 36.0 Å². The van der Waals surface area contributed by atoms with Crippen molar-refractivity contribution < 1.29 is 49.0 Å². The summed E-state index contributed by atoms with van der Waals surface area (Å²) in [4.78, 5) is 20.2. The van der Waals surface area contributed by atoms with Crippen molar-refractivity contribution in [3.8, 4) is 0 Å². The number of aliphatic carboxylic acids is 1. The summed E-state index contributed by atoms with van der Waals surface area (Å²) in [6, 6.07) is 0. The minimum atomic E-state index is -1.22. The molecule has 4 nitrogen and oxygen atoms in total. The van der Waals surface area contributed by atoms with Gasteiger partial charge in [0.2, 0.25) is 0 Å². The molecule has 1 aliphatic rings. The van der Waals surface area contributed by atoms with Gasteiger partial charge < -0.3 is 14.6 Å². The van der Waals surface area contributed by atoms with Gasteiger partial charge in [0.25, 0.3) is 0 Å². The van der Waals surface area contributed by atoms with Crippen LogP contribution in [0.15, 0.2) is 12.2 Å². The van der Waals surface area contributed by atoms with Crippen LogP contribution in [0.4, 0.5) is 0 Å². The number of ether oxygens (including phenoxy) is 1. The van der Waals surface area contributed by atoms with Crippen molar-refractivity contribution in [3.63, 3.8) is 0 Å². The third-order valence-corrected chi connectivity index (χ3v) is 1.08. The zero-order valence-corrected chi connectivity index (χ0v) is 8.07. The quantitative estimate of drug-likeness (QED) is 0.305. The average Bonchev–Trinajstić information content (AvgIpc) is 2.13. The Labute approximate surface area is 85.5 Å². The van der Waals surface area contributed by atoms with E-state index >= 15 is 0 Å². The number of rotatable bonds is 2.